The monoisotopic (exact) mass is 382 g/mol. The molecule has 1 atom stereocenters. The number of thiazole rings is 1. The summed E-state index contributed by atoms with van der Waals surface area (Å²) in [6.07, 6.45) is 1.05. The van der Waals surface area contributed by atoms with Crippen molar-refractivity contribution in [1.82, 2.24) is 10.3 Å². The molecule has 0 aliphatic rings. The molecule has 0 saturated carbocycles. The second-order valence-electron chi connectivity index (χ2n) is 5.42. The molecule has 1 aromatic heterocycles. The Labute approximate surface area is 154 Å². The molecule has 0 spiro atoms. The van der Waals surface area contributed by atoms with Crippen molar-refractivity contribution in [2.45, 2.75) is 39.3 Å². The van der Waals surface area contributed by atoms with E-state index < -0.39 is 17.9 Å². The van der Waals surface area contributed by atoms with E-state index in [0.29, 0.717) is 39.2 Å². The van der Waals surface area contributed by atoms with Crippen LogP contribution in [0, 0.1) is 6.92 Å². The Hall–Kier alpha value is -2.12. The van der Waals surface area contributed by atoms with Gasteiger partial charge in [0, 0.05) is 5.02 Å². The lowest BCUT2D eigenvalue weighted by molar-refractivity contribution is -0.139. The van der Waals surface area contributed by atoms with Gasteiger partial charge in [0.15, 0.2) is 0 Å². The third-order valence-electron chi connectivity index (χ3n) is 3.40. The minimum absolute atomic E-state index is 0.220. The first-order valence-electron chi connectivity index (χ1n) is 7.79. The molecule has 1 unspecified atom stereocenters. The third-order valence-corrected chi connectivity index (χ3v) is 4.79. The lowest BCUT2D eigenvalue weighted by atomic mass is 10.1. The average molecular weight is 383 g/mol. The first kappa shape index (κ1) is 19.2. The number of carboxylic acid groups (broad SMARTS) is 1. The van der Waals surface area contributed by atoms with Crippen LogP contribution in [0.25, 0.3) is 0 Å². The number of nitrogens with zero attached hydrogens (tertiary/aromatic N) is 1. The van der Waals surface area contributed by atoms with Crippen molar-refractivity contribution in [3.05, 3.63) is 44.9 Å². The number of benzene rings is 1. The quantitative estimate of drug-likeness (QED) is 0.727. The molecule has 0 fully saturated rings. The molecule has 6 nitrogen and oxygen atoms in total. The van der Waals surface area contributed by atoms with Crippen LogP contribution >= 0.6 is 22.9 Å². The van der Waals surface area contributed by atoms with Crippen molar-refractivity contribution >= 4 is 34.8 Å². The normalized spacial score (nSPS) is 11.8. The molecule has 134 valence electrons. The van der Waals surface area contributed by atoms with E-state index in [1.54, 1.807) is 31.2 Å². The van der Waals surface area contributed by atoms with Gasteiger partial charge in [-0.2, -0.15) is 0 Å². The second kappa shape index (κ2) is 8.82. The number of carbonyl (C=O) groups is 2. The Morgan fingerprint density at radius 3 is 2.64 bits per heavy atom. The van der Waals surface area contributed by atoms with Gasteiger partial charge in [0.05, 0.1) is 5.69 Å². The average Bonchev–Trinajstić information content (AvgIpc) is 2.94. The fourth-order valence-electron chi connectivity index (χ4n) is 2.17. The summed E-state index contributed by atoms with van der Waals surface area (Å²) in [6.45, 7) is 3.80. The fourth-order valence-corrected chi connectivity index (χ4v) is 3.18. The van der Waals surface area contributed by atoms with E-state index in [9.17, 15) is 9.59 Å². The summed E-state index contributed by atoms with van der Waals surface area (Å²) in [5.74, 6) is -0.811. The molecule has 0 saturated heterocycles. The number of ether oxygens (including phenoxy) is 1. The van der Waals surface area contributed by atoms with Crippen molar-refractivity contribution in [3.63, 3.8) is 0 Å². The van der Waals surface area contributed by atoms with Crippen molar-refractivity contribution in [1.29, 1.82) is 0 Å². The first-order valence-corrected chi connectivity index (χ1v) is 8.98. The van der Waals surface area contributed by atoms with Crippen molar-refractivity contribution in [2.24, 2.45) is 0 Å². The van der Waals surface area contributed by atoms with Crippen LogP contribution < -0.4 is 10.1 Å². The van der Waals surface area contributed by atoms with Crippen LogP contribution in [0.15, 0.2) is 24.3 Å². The van der Waals surface area contributed by atoms with Gasteiger partial charge in [0.1, 0.15) is 28.3 Å². The van der Waals surface area contributed by atoms with Crippen LogP contribution in [0.1, 0.15) is 40.1 Å². The van der Waals surface area contributed by atoms with Gasteiger partial charge in [0.25, 0.3) is 5.91 Å². The van der Waals surface area contributed by atoms with Crippen molar-refractivity contribution < 1.29 is 19.4 Å². The second-order valence-corrected chi connectivity index (χ2v) is 6.94. The summed E-state index contributed by atoms with van der Waals surface area (Å²) in [4.78, 5) is 28.2. The van der Waals surface area contributed by atoms with Gasteiger partial charge in [-0.15, -0.1) is 11.3 Å². The zero-order valence-corrected chi connectivity index (χ0v) is 15.5. The Bertz CT molecular complexity index is 746. The van der Waals surface area contributed by atoms with E-state index in [-0.39, 0.29) is 6.61 Å². The van der Waals surface area contributed by atoms with Crippen LogP contribution in [0.5, 0.6) is 5.75 Å². The summed E-state index contributed by atoms with van der Waals surface area (Å²) < 4.78 is 5.62. The number of aryl methyl sites for hydroxylation is 1. The summed E-state index contributed by atoms with van der Waals surface area (Å²) >= 11 is 7.02. The van der Waals surface area contributed by atoms with Crippen LogP contribution in [-0.2, 0) is 11.4 Å². The Morgan fingerprint density at radius 1 is 1.36 bits per heavy atom. The molecule has 0 radical (unpaired) electrons. The topological polar surface area (TPSA) is 88.5 Å². The molecule has 0 bridgehead atoms. The van der Waals surface area contributed by atoms with E-state index >= 15 is 0 Å². The van der Waals surface area contributed by atoms with Gasteiger partial charge in [-0.25, -0.2) is 9.78 Å². The van der Waals surface area contributed by atoms with E-state index in [4.69, 9.17) is 21.4 Å². The first-order chi connectivity index (χ1) is 11.9. The van der Waals surface area contributed by atoms with E-state index in [0.717, 1.165) is 0 Å². The summed E-state index contributed by atoms with van der Waals surface area (Å²) in [5, 5.41) is 13.0. The molecule has 1 amide bonds. The van der Waals surface area contributed by atoms with Gasteiger partial charge in [-0.05, 0) is 37.6 Å². The SMILES string of the molecule is CCCC(NC(=O)c1sc(COc2ccc(Cl)cc2)nc1C)C(=O)O. The number of carbonyl (C=O) groups excluding carboxylic acids is 1. The smallest absolute Gasteiger partial charge is 0.326 e. The molecule has 1 aromatic carbocycles. The molecule has 0 aliphatic carbocycles. The Morgan fingerprint density at radius 2 is 2.04 bits per heavy atom. The van der Waals surface area contributed by atoms with E-state index in [1.165, 1.54) is 11.3 Å². The number of aliphatic carboxylic acids is 1. The highest BCUT2D eigenvalue weighted by Crippen LogP contribution is 2.21. The minimum Gasteiger partial charge on any atom is -0.486 e. The molecule has 8 heteroatoms. The number of hydrogen-bond donors (Lipinski definition) is 2. The van der Waals surface area contributed by atoms with Crippen LogP contribution in [0.3, 0.4) is 0 Å². The molecule has 2 N–H and O–H groups in total. The maximum absolute atomic E-state index is 12.3. The third kappa shape index (κ3) is 5.44. The van der Waals surface area contributed by atoms with Crippen molar-refractivity contribution in [3.8, 4) is 5.75 Å². The lowest BCUT2D eigenvalue weighted by Gasteiger charge is -2.12. The van der Waals surface area contributed by atoms with Gasteiger partial charge < -0.3 is 15.2 Å². The number of amides is 1. The van der Waals surface area contributed by atoms with Crippen LogP contribution in [-0.4, -0.2) is 28.0 Å². The molecule has 2 aromatic rings. The largest absolute Gasteiger partial charge is 0.486 e. The fraction of sp³-hybridized carbons (Fsp3) is 0.353. The minimum atomic E-state index is -1.04. The number of rotatable bonds is 8. The summed E-state index contributed by atoms with van der Waals surface area (Å²) in [6, 6.07) is 6.05. The summed E-state index contributed by atoms with van der Waals surface area (Å²) in [7, 11) is 0. The predicted octanol–water partition coefficient (Wildman–Crippen LogP) is 3.67. The predicted molar refractivity (Wildman–Crippen MR) is 96.4 cm³/mol. The zero-order valence-electron chi connectivity index (χ0n) is 13.9. The number of carboxylic acids is 1. The van der Waals surface area contributed by atoms with Gasteiger partial charge in [-0.1, -0.05) is 24.9 Å². The Balaban J connectivity index is 2.01. The molecule has 25 heavy (non-hydrogen) atoms. The maximum Gasteiger partial charge on any atom is 0.326 e. The van der Waals surface area contributed by atoms with Gasteiger partial charge >= 0.3 is 5.97 Å². The molecule has 1 heterocycles. The molecule has 0 aliphatic heterocycles. The van der Waals surface area contributed by atoms with E-state index in [1.807, 2.05) is 6.92 Å². The number of halogens is 1. The highest BCUT2D eigenvalue weighted by atomic mass is 35.5. The lowest BCUT2D eigenvalue weighted by Crippen LogP contribution is -2.40. The zero-order chi connectivity index (χ0) is 18.4. The molecular formula is C17H19ClN2O4S. The number of aromatic nitrogens is 1. The molecule has 2 rings (SSSR count). The summed E-state index contributed by atoms with van der Waals surface area (Å²) in [5.41, 5.74) is 0.554. The Kier molecular flexibility index (Phi) is 6.78. The highest BCUT2D eigenvalue weighted by molar-refractivity contribution is 7.13. The van der Waals surface area contributed by atoms with Crippen molar-refractivity contribution in [2.75, 3.05) is 0 Å². The van der Waals surface area contributed by atoms with Gasteiger partial charge in [-0.3, -0.25) is 4.79 Å². The standard InChI is InChI=1S/C17H19ClN2O4S/c1-3-4-13(17(22)23)20-16(21)15-10(2)19-14(25-15)9-24-12-7-5-11(18)6-8-12/h5-8,13H,3-4,9H2,1-2H3,(H,20,21)(H,22,23). The maximum atomic E-state index is 12.3. The van der Waals surface area contributed by atoms with E-state index in [2.05, 4.69) is 10.3 Å². The number of hydrogen-bond acceptors (Lipinski definition) is 5. The van der Waals surface area contributed by atoms with Crippen LogP contribution in [0.4, 0.5) is 0 Å². The van der Waals surface area contributed by atoms with Gasteiger partial charge in [0.2, 0.25) is 0 Å². The van der Waals surface area contributed by atoms with Crippen LogP contribution in [0.2, 0.25) is 5.02 Å². The molecular weight excluding hydrogens is 364 g/mol. The number of nitrogens with one attached hydrogen (secondary N) is 1. The highest BCUT2D eigenvalue weighted by Gasteiger charge is 2.22.